The van der Waals surface area contributed by atoms with E-state index in [1.165, 1.54) is 25.7 Å². The second-order valence-electron chi connectivity index (χ2n) is 4.01. The molecule has 0 spiro atoms. The lowest BCUT2D eigenvalue weighted by atomic mass is 9.96. The van der Waals surface area contributed by atoms with Crippen LogP contribution in [0.1, 0.15) is 37.9 Å². The van der Waals surface area contributed by atoms with E-state index in [2.05, 4.69) is 25.3 Å². The van der Waals surface area contributed by atoms with E-state index in [1.54, 1.807) is 0 Å². The van der Waals surface area contributed by atoms with Crippen molar-refractivity contribution in [1.29, 1.82) is 0 Å². The van der Waals surface area contributed by atoms with Crippen molar-refractivity contribution in [2.75, 3.05) is 0 Å². The number of carbonyl (C=O) groups is 1. The molecule has 2 amide bonds. The van der Waals surface area contributed by atoms with Crippen LogP contribution in [0.3, 0.4) is 0 Å². The summed E-state index contributed by atoms with van der Waals surface area (Å²) in [6.45, 7) is 0.301. The molecular formula is C10H16N4O2. The molecule has 1 aliphatic rings. The van der Waals surface area contributed by atoms with Crippen molar-refractivity contribution in [1.82, 2.24) is 20.8 Å². The van der Waals surface area contributed by atoms with Gasteiger partial charge in [0.25, 0.3) is 0 Å². The van der Waals surface area contributed by atoms with E-state index in [9.17, 15) is 4.79 Å². The molecule has 1 aliphatic carbocycles. The summed E-state index contributed by atoms with van der Waals surface area (Å²) in [4.78, 5) is 15.3. The number of hydrogen-bond acceptors (Lipinski definition) is 4. The van der Waals surface area contributed by atoms with Crippen molar-refractivity contribution < 1.29 is 9.32 Å². The molecule has 0 saturated heterocycles. The SMILES string of the molecule is O=C(NCc1ncon1)NC1CCCCC1. The Morgan fingerprint density at radius 2 is 2.25 bits per heavy atom. The van der Waals surface area contributed by atoms with Gasteiger partial charge in [0.05, 0.1) is 6.54 Å². The first-order valence-electron chi connectivity index (χ1n) is 5.64. The summed E-state index contributed by atoms with van der Waals surface area (Å²) < 4.78 is 4.56. The molecule has 1 saturated carbocycles. The zero-order chi connectivity index (χ0) is 11.2. The minimum atomic E-state index is -0.156. The van der Waals surface area contributed by atoms with E-state index in [1.807, 2.05) is 0 Å². The first-order valence-corrected chi connectivity index (χ1v) is 5.64. The van der Waals surface area contributed by atoms with E-state index < -0.39 is 0 Å². The highest BCUT2D eigenvalue weighted by Gasteiger charge is 2.15. The van der Waals surface area contributed by atoms with Crippen molar-refractivity contribution in [2.45, 2.75) is 44.7 Å². The Bertz CT molecular complexity index is 320. The van der Waals surface area contributed by atoms with E-state index in [0.29, 0.717) is 18.4 Å². The highest BCUT2D eigenvalue weighted by atomic mass is 16.5. The van der Waals surface area contributed by atoms with Gasteiger partial charge < -0.3 is 15.2 Å². The van der Waals surface area contributed by atoms with Crippen molar-refractivity contribution in [3.63, 3.8) is 0 Å². The van der Waals surface area contributed by atoms with Crippen LogP contribution >= 0.6 is 0 Å². The molecule has 6 heteroatoms. The summed E-state index contributed by atoms with van der Waals surface area (Å²) in [5.74, 6) is 0.485. The zero-order valence-electron chi connectivity index (χ0n) is 9.11. The summed E-state index contributed by atoms with van der Waals surface area (Å²) >= 11 is 0. The minimum Gasteiger partial charge on any atom is -0.343 e. The fourth-order valence-electron chi connectivity index (χ4n) is 1.91. The van der Waals surface area contributed by atoms with Crippen molar-refractivity contribution >= 4 is 6.03 Å². The number of aromatic nitrogens is 2. The van der Waals surface area contributed by atoms with Gasteiger partial charge in [0.2, 0.25) is 6.39 Å². The van der Waals surface area contributed by atoms with Gasteiger partial charge in [-0.25, -0.2) is 4.79 Å². The van der Waals surface area contributed by atoms with Gasteiger partial charge in [-0.3, -0.25) is 0 Å². The predicted molar refractivity (Wildman–Crippen MR) is 56.5 cm³/mol. The highest BCUT2D eigenvalue weighted by Crippen LogP contribution is 2.17. The smallest absolute Gasteiger partial charge is 0.315 e. The molecule has 0 bridgehead atoms. The average Bonchev–Trinajstić information content (AvgIpc) is 2.81. The lowest BCUT2D eigenvalue weighted by Gasteiger charge is -2.22. The maximum atomic E-state index is 11.5. The van der Waals surface area contributed by atoms with Gasteiger partial charge in [0.1, 0.15) is 0 Å². The van der Waals surface area contributed by atoms with Crippen molar-refractivity contribution in [3.05, 3.63) is 12.2 Å². The van der Waals surface area contributed by atoms with Gasteiger partial charge in [-0.05, 0) is 12.8 Å². The fourth-order valence-corrected chi connectivity index (χ4v) is 1.91. The van der Waals surface area contributed by atoms with Gasteiger partial charge in [0.15, 0.2) is 5.82 Å². The predicted octanol–water partition coefficient (Wildman–Crippen LogP) is 1.20. The molecule has 16 heavy (non-hydrogen) atoms. The lowest BCUT2D eigenvalue weighted by molar-refractivity contribution is 0.232. The van der Waals surface area contributed by atoms with Crippen molar-refractivity contribution in [3.8, 4) is 0 Å². The number of hydrogen-bond donors (Lipinski definition) is 2. The number of carbonyl (C=O) groups excluding carboxylic acids is 1. The lowest BCUT2D eigenvalue weighted by Crippen LogP contribution is -2.42. The van der Waals surface area contributed by atoms with Crippen LogP contribution in [0.4, 0.5) is 4.79 Å². The first kappa shape index (κ1) is 10.9. The maximum Gasteiger partial charge on any atom is 0.315 e. The summed E-state index contributed by atoms with van der Waals surface area (Å²) in [5, 5.41) is 9.25. The minimum absolute atomic E-state index is 0.156. The van der Waals surface area contributed by atoms with E-state index in [0.717, 1.165) is 12.8 Å². The first-order chi connectivity index (χ1) is 7.84. The van der Waals surface area contributed by atoms with Crippen LogP contribution in [0.15, 0.2) is 10.9 Å². The third-order valence-electron chi connectivity index (χ3n) is 2.75. The second kappa shape index (κ2) is 5.48. The molecule has 1 aromatic heterocycles. The van der Waals surface area contributed by atoms with Crippen LogP contribution in [0.25, 0.3) is 0 Å². The van der Waals surface area contributed by atoms with Crippen LogP contribution in [-0.4, -0.2) is 22.2 Å². The van der Waals surface area contributed by atoms with Crippen LogP contribution < -0.4 is 10.6 Å². The van der Waals surface area contributed by atoms with E-state index >= 15 is 0 Å². The molecule has 6 nitrogen and oxygen atoms in total. The molecule has 0 radical (unpaired) electrons. The van der Waals surface area contributed by atoms with Crippen LogP contribution in [0, 0.1) is 0 Å². The molecule has 2 rings (SSSR count). The topological polar surface area (TPSA) is 80.1 Å². The van der Waals surface area contributed by atoms with E-state index in [4.69, 9.17) is 0 Å². The molecular weight excluding hydrogens is 208 g/mol. The molecule has 1 aromatic rings. The third kappa shape index (κ3) is 3.22. The van der Waals surface area contributed by atoms with Gasteiger partial charge >= 0.3 is 6.03 Å². The van der Waals surface area contributed by atoms with Crippen LogP contribution in [0.2, 0.25) is 0 Å². The Morgan fingerprint density at radius 3 is 2.94 bits per heavy atom. The number of amides is 2. The van der Waals surface area contributed by atoms with Crippen molar-refractivity contribution in [2.24, 2.45) is 0 Å². The largest absolute Gasteiger partial charge is 0.343 e. The van der Waals surface area contributed by atoms with Gasteiger partial charge in [0, 0.05) is 6.04 Å². The number of urea groups is 1. The monoisotopic (exact) mass is 224 g/mol. The molecule has 1 heterocycles. The Hall–Kier alpha value is -1.59. The Morgan fingerprint density at radius 1 is 1.44 bits per heavy atom. The van der Waals surface area contributed by atoms with Gasteiger partial charge in [-0.2, -0.15) is 4.98 Å². The highest BCUT2D eigenvalue weighted by molar-refractivity contribution is 5.74. The molecule has 0 aromatic carbocycles. The summed E-state index contributed by atoms with van der Waals surface area (Å²) in [5.41, 5.74) is 0. The molecule has 88 valence electrons. The van der Waals surface area contributed by atoms with Crippen LogP contribution in [-0.2, 0) is 6.54 Å². The summed E-state index contributed by atoms with van der Waals surface area (Å²) in [6, 6.07) is 0.163. The fraction of sp³-hybridized carbons (Fsp3) is 0.700. The normalized spacial score (nSPS) is 17.0. The number of nitrogens with one attached hydrogen (secondary N) is 2. The summed E-state index contributed by atoms with van der Waals surface area (Å²) in [7, 11) is 0. The standard InChI is InChI=1S/C10H16N4O2/c15-10(11-6-9-12-7-16-14-9)13-8-4-2-1-3-5-8/h7-8H,1-6H2,(H2,11,13,15). The maximum absolute atomic E-state index is 11.5. The zero-order valence-corrected chi connectivity index (χ0v) is 9.11. The molecule has 1 fully saturated rings. The Kier molecular flexibility index (Phi) is 3.74. The number of nitrogens with zero attached hydrogens (tertiary/aromatic N) is 2. The van der Waals surface area contributed by atoms with Gasteiger partial charge in [-0.1, -0.05) is 24.4 Å². The molecule has 0 unspecified atom stereocenters. The molecule has 0 atom stereocenters. The van der Waals surface area contributed by atoms with Gasteiger partial charge in [-0.15, -0.1) is 0 Å². The number of rotatable bonds is 3. The molecule has 0 aliphatic heterocycles. The molecule has 2 N–H and O–H groups in total. The third-order valence-corrected chi connectivity index (χ3v) is 2.75. The Labute approximate surface area is 93.8 Å². The van der Waals surface area contributed by atoms with E-state index in [-0.39, 0.29) is 6.03 Å². The second-order valence-corrected chi connectivity index (χ2v) is 4.01. The Balaban J connectivity index is 1.67. The average molecular weight is 224 g/mol. The summed E-state index contributed by atoms with van der Waals surface area (Å²) in [6.07, 6.45) is 7.09. The quantitative estimate of drug-likeness (QED) is 0.808. The van der Waals surface area contributed by atoms with Crippen LogP contribution in [0.5, 0.6) is 0 Å².